The zero-order valence-corrected chi connectivity index (χ0v) is 20.6. The summed E-state index contributed by atoms with van der Waals surface area (Å²) in [6.45, 7) is 5.38. The van der Waals surface area contributed by atoms with Gasteiger partial charge in [0.2, 0.25) is 0 Å². The number of amides is 1. The molecule has 35 heavy (non-hydrogen) atoms. The summed E-state index contributed by atoms with van der Waals surface area (Å²) >= 11 is 1.53. The van der Waals surface area contributed by atoms with E-state index in [9.17, 15) is 4.79 Å². The van der Waals surface area contributed by atoms with E-state index in [1.807, 2.05) is 58.6 Å². The number of thiazole rings is 1. The van der Waals surface area contributed by atoms with Crippen LogP contribution in [-0.4, -0.2) is 44.8 Å². The van der Waals surface area contributed by atoms with Crippen LogP contribution in [0.15, 0.2) is 72.2 Å². The maximum absolute atomic E-state index is 13.2. The Morgan fingerprint density at radius 1 is 1.14 bits per heavy atom. The molecule has 0 aliphatic carbocycles. The summed E-state index contributed by atoms with van der Waals surface area (Å²) in [5, 5.41) is 10.6. The van der Waals surface area contributed by atoms with Gasteiger partial charge in [0.05, 0.1) is 13.1 Å². The van der Waals surface area contributed by atoms with Gasteiger partial charge in [0.25, 0.3) is 5.91 Å². The van der Waals surface area contributed by atoms with Crippen molar-refractivity contribution in [2.75, 3.05) is 13.2 Å². The van der Waals surface area contributed by atoms with Crippen LogP contribution in [0.5, 0.6) is 5.75 Å². The van der Waals surface area contributed by atoms with Gasteiger partial charge in [0, 0.05) is 48.4 Å². The van der Waals surface area contributed by atoms with Crippen molar-refractivity contribution in [2.45, 2.75) is 39.0 Å². The predicted octanol–water partition coefficient (Wildman–Crippen LogP) is 4.14. The van der Waals surface area contributed by atoms with Crippen molar-refractivity contribution in [2.24, 2.45) is 0 Å². The molecule has 4 aromatic rings. The summed E-state index contributed by atoms with van der Waals surface area (Å²) in [6.07, 6.45) is 2.59. The highest BCUT2D eigenvalue weighted by molar-refractivity contribution is 7.09. The lowest BCUT2D eigenvalue weighted by Gasteiger charge is -2.32. The first-order valence-electron chi connectivity index (χ1n) is 11.9. The predicted molar refractivity (Wildman–Crippen MR) is 137 cm³/mol. The standard InChI is InChI=1S/C27H29N5O2S/c1-20(19-34-22-10-6-3-7-11-22)31-14-12-24-23(18-31)26(27(33)29-16-25-28-13-15-35-25)30-32(24)17-21-8-4-2-5-9-21/h2-11,13,15,20H,12,14,16-19H2,1H3,(H,29,33). The first kappa shape index (κ1) is 23.3. The van der Waals surface area contributed by atoms with Crippen LogP contribution in [0.1, 0.15) is 39.2 Å². The van der Waals surface area contributed by atoms with E-state index in [2.05, 4.69) is 34.3 Å². The summed E-state index contributed by atoms with van der Waals surface area (Å²) in [5.74, 6) is 0.716. The molecular weight excluding hydrogens is 458 g/mol. The lowest BCUT2D eigenvalue weighted by Crippen LogP contribution is -2.41. The molecule has 1 atom stereocenters. The van der Waals surface area contributed by atoms with Crippen molar-refractivity contribution < 1.29 is 9.53 Å². The highest BCUT2D eigenvalue weighted by Crippen LogP contribution is 2.25. The van der Waals surface area contributed by atoms with Gasteiger partial charge in [-0.2, -0.15) is 5.10 Å². The second-order valence-corrected chi connectivity index (χ2v) is 9.70. The zero-order valence-electron chi connectivity index (χ0n) is 19.8. The Kier molecular flexibility index (Phi) is 7.20. The zero-order chi connectivity index (χ0) is 24.0. The molecule has 1 amide bonds. The molecule has 2 aromatic carbocycles. The Morgan fingerprint density at radius 3 is 2.66 bits per heavy atom. The van der Waals surface area contributed by atoms with Crippen LogP contribution in [0.4, 0.5) is 0 Å². The number of nitrogens with zero attached hydrogens (tertiary/aromatic N) is 4. The van der Waals surface area contributed by atoms with Crippen molar-refractivity contribution >= 4 is 17.2 Å². The molecule has 180 valence electrons. The lowest BCUT2D eigenvalue weighted by atomic mass is 10.0. The minimum Gasteiger partial charge on any atom is -0.492 e. The monoisotopic (exact) mass is 487 g/mol. The Bertz CT molecular complexity index is 1240. The fourth-order valence-corrected chi connectivity index (χ4v) is 4.93. The number of nitrogens with one attached hydrogen (secondary N) is 1. The molecule has 0 radical (unpaired) electrons. The van der Waals surface area contributed by atoms with Crippen molar-refractivity contribution in [3.05, 3.63) is 99.8 Å². The number of ether oxygens (including phenoxy) is 1. The van der Waals surface area contributed by atoms with E-state index in [1.54, 1.807) is 6.20 Å². The molecule has 0 spiro atoms. The van der Waals surface area contributed by atoms with Crippen LogP contribution in [0.25, 0.3) is 0 Å². The Labute approximate surface area is 209 Å². The van der Waals surface area contributed by atoms with Gasteiger partial charge in [-0.1, -0.05) is 48.5 Å². The van der Waals surface area contributed by atoms with Crippen molar-refractivity contribution in [1.29, 1.82) is 0 Å². The minimum absolute atomic E-state index is 0.154. The summed E-state index contributed by atoms with van der Waals surface area (Å²) in [4.78, 5) is 19.9. The van der Waals surface area contributed by atoms with Crippen molar-refractivity contribution in [3.8, 4) is 5.75 Å². The number of fused-ring (bicyclic) bond motifs is 1. The van der Waals surface area contributed by atoms with Gasteiger partial charge >= 0.3 is 0 Å². The average Bonchev–Trinajstić information content (AvgIpc) is 3.55. The van der Waals surface area contributed by atoms with Gasteiger partial charge in [-0.15, -0.1) is 11.3 Å². The molecule has 2 aromatic heterocycles. The maximum Gasteiger partial charge on any atom is 0.272 e. The Morgan fingerprint density at radius 2 is 1.91 bits per heavy atom. The molecule has 1 aliphatic rings. The first-order valence-corrected chi connectivity index (χ1v) is 12.8. The molecule has 1 N–H and O–H groups in total. The van der Waals surface area contributed by atoms with Gasteiger partial charge < -0.3 is 10.1 Å². The largest absolute Gasteiger partial charge is 0.492 e. The van der Waals surface area contributed by atoms with Crippen molar-refractivity contribution in [3.63, 3.8) is 0 Å². The van der Waals surface area contributed by atoms with Crippen LogP contribution >= 0.6 is 11.3 Å². The average molecular weight is 488 g/mol. The van der Waals surface area contributed by atoms with E-state index < -0.39 is 0 Å². The van der Waals surface area contributed by atoms with E-state index in [0.29, 0.717) is 31.9 Å². The SMILES string of the molecule is CC(COc1ccccc1)N1CCc2c(c(C(=O)NCc3nccs3)nn2Cc2ccccc2)C1. The first-order chi connectivity index (χ1) is 17.2. The normalized spacial score (nSPS) is 14.3. The summed E-state index contributed by atoms with van der Waals surface area (Å²) in [7, 11) is 0. The number of carbonyl (C=O) groups is 1. The molecule has 0 fully saturated rings. The molecule has 1 unspecified atom stereocenters. The second-order valence-electron chi connectivity index (χ2n) is 8.72. The minimum atomic E-state index is -0.154. The molecule has 7 nitrogen and oxygen atoms in total. The van der Waals surface area contributed by atoms with E-state index in [0.717, 1.165) is 35.0 Å². The third kappa shape index (κ3) is 5.61. The van der Waals surface area contributed by atoms with Crippen LogP contribution in [0.3, 0.4) is 0 Å². The molecule has 3 heterocycles. The molecule has 0 saturated heterocycles. The quantitative estimate of drug-likeness (QED) is 0.384. The summed E-state index contributed by atoms with van der Waals surface area (Å²) < 4.78 is 8.01. The smallest absolute Gasteiger partial charge is 0.272 e. The van der Waals surface area contributed by atoms with Crippen LogP contribution in [0.2, 0.25) is 0 Å². The van der Waals surface area contributed by atoms with E-state index in [4.69, 9.17) is 9.84 Å². The highest BCUT2D eigenvalue weighted by Gasteiger charge is 2.30. The molecular formula is C27H29N5O2S. The number of rotatable bonds is 9. The van der Waals surface area contributed by atoms with Crippen LogP contribution < -0.4 is 10.1 Å². The number of aromatic nitrogens is 3. The third-order valence-corrected chi connectivity index (χ3v) is 7.07. The van der Waals surface area contributed by atoms with Gasteiger partial charge in [-0.25, -0.2) is 4.98 Å². The van der Waals surface area contributed by atoms with E-state index in [-0.39, 0.29) is 11.9 Å². The van der Waals surface area contributed by atoms with Crippen LogP contribution in [0, 0.1) is 0 Å². The molecule has 8 heteroatoms. The van der Waals surface area contributed by atoms with E-state index >= 15 is 0 Å². The van der Waals surface area contributed by atoms with Gasteiger partial charge in [0.15, 0.2) is 5.69 Å². The number of hydrogen-bond donors (Lipinski definition) is 1. The highest BCUT2D eigenvalue weighted by atomic mass is 32.1. The van der Waals surface area contributed by atoms with Crippen LogP contribution in [-0.2, 0) is 26.1 Å². The summed E-state index contributed by atoms with van der Waals surface area (Å²) in [5.41, 5.74) is 3.82. The third-order valence-electron chi connectivity index (χ3n) is 6.30. The topological polar surface area (TPSA) is 72.3 Å². The van der Waals surface area contributed by atoms with E-state index in [1.165, 1.54) is 16.9 Å². The van der Waals surface area contributed by atoms with Gasteiger partial charge in [0.1, 0.15) is 17.4 Å². The fraction of sp³-hybridized carbons (Fsp3) is 0.296. The Hall–Kier alpha value is -3.49. The fourth-order valence-electron chi connectivity index (χ4n) is 4.38. The van der Waals surface area contributed by atoms with Gasteiger partial charge in [-0.05, 0) is 24.6 Å². The Balaban J connectivity index is 1.34. The van der Waals surface area contributed by atoms with Crippen molar-refractivity contribution in [1.82, 2.24) is 25.0 Å². The number of hydrogen-bond acceptors (Lipinski definition) is 6. The van der Waals surface area contributed by atoms with Gasteiger partial charge in [-0.3, -0.25) is 14.4 Å². The maximum atomic E-state index is 13.2. The lowest BCUT2D eigenvalue weighted by molar-refractivity contribution is 0.0940. The molecule has 5 rings (SSSR count). The molecule has 0 bridgehead atoms. The summed E-state index contributed by atoms with van der Waals surface area (Å²) in [6, 6.07) is 20.3. The molecule has 1 aliphatic heterocycles. The molecule has 0 saturated carbocycles. The number of para-hydroxylation sites is 1. The number of benzene rings is 2. The number of carbonyl (C=O) groups excluding carboxylic acids is 1. The second kappa shape index (κ2) is 10.8.